The minimum Gasteiger partial charge on any atom is -0.323 e. The molecule has 0 aliphatic heterocycles. The van der Waals surface area contributed by atoms with Gasteiger partial charge >= 0.3 is 6.18 Å². The zero-order valence-electron chi connectivity index (χ0n) is 8.68. The minimum atomic E-state index is -4.10. The fraction of sp³-hybridized carbons (Fsp3) is 0.700. The molecule has 1 aromatic heterocycles. The summed E-state index contributed by atoms with van der Waals surface area (Å²) < 4.78 is 36.2. The Balaban J connectivity index is 2.07. The van der Waals surface area contributed by atoms with Crippen LogP contribution in [0.3, 0.4) is 0 Å². The summed E-state index contributed by atoms with van der Waals surface area (Å²) in [6, 6.07) is -0.0837. The van der Waals surface area contributed by atoms with Gasteiger partial charge in [0.15, 0.2) is 0 Å². The lowest BCUT2D eigenvalue weighted by atomic mass is 9.99. The van der Waals surface area contributed by atoms with E-state index in [0.717, 1.165) is 29.8 Å². The van der Waals surface area contributed by atoms with Crippen LogP contribution in [-0.2, 0) is 12.8 Å². The largest absolute Gasteiger partial charge is 0.389 e. The number of hydrogen-bond acceptors (Lipinski definition) is 3. The van der Waals surface area contributed by atoms with Gasteiger partial charge in [0.05, 0.1) is 10.7 Å². The highest BCUT2D eigenvalue weighted by Crippen LogP contribution is 2.33. The molecule has 0 radical (unpaired) electrons. The summed E-state index contributed by atoms with van der Waals surface area (Å²) in [6.07, 6.45) is -2.12. The predicted molar refractivity (Wildman–Crippen MR) is 56.4 cm³/mol. The highest BCUT2D eigenvalue weighted by molar-refractivity contribution is 7.11. The van der Waals surface area contributed by atoms with Crippen molar-refractivity contribution in [1.82, 2.24) is 4.98 Å². The van der Waals surface area contributed by atoms with Crippen molar-refractivity contribution in [2.45, 2.75) is 44.3 Å². The lowest BCUT2D eigenvalue weighted by molar-refractivity contribution is -0.134. The van der Waals surface area contributed by atoms with E-state index in [1.54, 1.807) is 0 Å². The Labute approximate surface area is 95.7 Å². The van der Waals surface area contributed by atoms with E-state index >= 15 is 0 Å². The van der Waals surface area contributed by atoms with Crippen molar-refractivity contribution in [3.8, 4) is 0 Å². The molecule has 0 aromatic carbocycles. The van der Waals surface area contributed by atoms with Gasteiger partial charge in [-0.15, -0.1) is 11.3 Å². The van der Waals surface area contributed by atoms with Crippen molar-refractivity contribution in [2.75, 3.05) is 0 Å². The molecule has 2 nitrogen and oxygen atoms in total. The van der Waals surface area contributed by atoms with Gasteiger partial charge in [0.25, 0.3) is 0 Å². The highest BCUT2D eigenvalue weighted by atomic mass is 32.1. The van der Waals surface area contributed by atoms with E-state index in [9.17, 15) is 13.2 Å². The highest BCUT2D eigenvalue weighted by Gasteiger charge is 2.28. The number of halogens is 3. The lowest BCUT2D eigenvalue weighted by Gasteiger charge is -2.15. The van der Waals surface area contributed by atoms with Crippen LogP contribution < -0.4 is 5.73 Å². The summed E-state index contributed by atoms with van der Waals surface area (Å²) in [7, 11) is 0. The first-order chi connectivity index (χ1) is 7.46. The van der Waals surface area contributed by atoms with Crippen LogP contribution in [0.5, 0.6) is 0 Å². The van der Waals surface area contributed by atoms with E-state index in [0.29, 0.717) is 5.01 Å². The van der Waals surface area contributed by atoms with Gasteiger partial charge in [0.2, 0.25) is 0 Å². The number of nitrogens with zero attached hydrogens (tertiary/aromatic N) is 1. The van der Waals surface area contributed by atoms with Gasteiger partial charge < -0.3 is 5.73 Å². The minimum absolute atomic E-state index is 0.0200. The molecule has 0 spiro atoms. The third kappa shape index (κ3) is 2.74. The molecule has 2 rings (SSSR count). The quantitative estimate of drug-likeness (QED) is 0.876. The third-order valence-electron chi connectivity index (χ3n) is 2.66. The van der Waals surface area contributed by atoms with Crippen LogP contribution in [-0.4, -0.2) is 11.2 Å². The zero-order chi connectivity index (χ0) is 11.8. The first-order valence-corrected chi connectivity index (χ1v) is 6.08. The second-order valence-electron chi connectivity index (χ2n) is 4.03. The van der Waals surface area contributed by atoms with Crippen LogP contribution >= 0.6 is 11.3 Å². The van der Waals surface area contributed by atoms with Crippen LogP contribution in [0.4, 0.5) is 13.2 Å². The Morgan fingerprint density at radius 2 is 2.19 bits per heavy atom. The van der Waals surface area contributed by atoms with E-state index in [4.69, 9.17) is 5.73 Å². The SMILES string of the molecule is NC1CCCc2sc(CCC(F)(F)F)nc21. The van der Waals surface area contributed by atoms with Gasteiger partial charge in [-0.3, -0.25) is 0 Å². The average Bonchev–Trinajstić information content (AvgIpc) is 2.58. The second-order valence-corrected chi connectivity index (χ2v) is 5.20. The number of aromatic nitrogens is 1. The molecule has 0 saturated heterocycles. The first-order valence-electron chi connectivity index (χ1n) is 5.26. The molecule has 1 aromatic rings. The van der Waals surface area contributed by atoms with Crippen LogP contribution in [0.2, 0.25) is 0 Å². The van der Waals surface area contributed by atoms with Crippen molar-refractivity contribution < 1.29 is 13.2 Å². The van der Waals surface area contributed by atoms with Crippen molar-refractivity contribution >= 4 is 11.3 Å². The van der Waals surface area contributed by atoms with Crippen molar-refractivity contribution in [3.63, 3.8) is 0 Å². The number of fused-ring (bicyclic) bond motifs is 1. The third-order valence-corrected chi connectivity index (χ3v) is 3.86. The zero-order valence-corrected chi connectivity index (χ0v) is 9.50. The summed E-state index contributed by atoms with van der Waals surface area (Å²) in [5, 5.41) is 0.569. The summed E-state index contributed by atoms with van der Waals surface area (Å²) in [6.45, 7) is 0. The molecule has 0 fully saturated rings. The van der Waals surface area contributed by atoms with Gasteiger partial charge in [-0.05, 0) is 19.3 Å². The van der Waals surface area contributed by atoms with Crippen LogP contribution in [0.15, 0.2) is 0 Å². The monoisotopic (exact) mass is 250 g/mol. The Morgan fingerprint density at radius 1 is 1.44 bits per heavy atom. The maximum Gasteiger partial charge on any atom is 0.389 e. The number of nitrogens with two attached hydrogens (primary N) is 1. The normalized spacial score (nSPS) is 20.9. The molecule has 2 N–H and O–H groups in total. The molecule has 90 valence electrons. The average molecular weight is 250 g/mol. The molecule has 0 amide bonds. The van der Waals surface area contributed by atoms with Crippen LogP contribution in [0.25, 0.3) is 0 Å². The molecule has 0 bridgehead atoms. The summed E-state index contributed by atoms with van der Waals surface area (Å²) in [5.41, 5.74) is 6.69. The topological polar surface area (TPSA) is 38.9 Å². The van der Waals surface area contributed by atoms with Gasteiger partial charge in [-0.25, -0.2) is 4.98 Å². The Kier molecular flexibility index (Phi) is 3.21. The molecule has 6 heteroatoms. The molecular formula is C10H13F3N2S. The number of rotatable bonds is 2. The Hall–Kier alpha value is -0.620. The molecule has 1 heterocycles. The Morgan fingerprint density at radius 3 is 2.81 bits per heavy atom. The molecular weight excluding hydrogens is 237 g/mol. The molecule has 0 saturated carbocycles. The smallest absolute Gasteiger partial charge is 0.323 e. The van der Waals surface area contributed by atoms with Gasteiger partial charge in [-0.1, -0.05) is 0 Å². The summed E-state index contributed by atoms with van der Waals surface area (Å²) >= 11 is 1.39. The van der Waals surface area contributed by atoms with Crippen LogP contribution in [0, 0.1) is 0 Å². The van der Waals surface area contributed by atoms with E-state index in [2.05, 4.69) is 4.98 Å². The van der Waals surface area contributed by atoms with E-state index < -0.39 is 12.6 Å². The lowest BCUT2D eigenvalue weighted by Crippen LogP contribution is -2.16. The molecule has 1 aliphatic rings. The van der Waals surface area contributed by atoms with Crippen molar-refractivity contribution in [1.29, 1.82) is 0 Å². The van der Waals surface area contributed by atoms with E-state index in [-0.39, 0.29) is 12.5 Å². The standard InChI is InChI=1S/C10H13F3N2S/c11-10(12,13)5-4-8-15-9-6(14)2-1-3-7(9)16-8/h6H,1-5,14H2. The Bertz CT molecular complexity index is 373. The molecule has 16 heavy (non-hydrogen) atoms. The fourth-order valence-corrected chi connectivity index (χ4v) is 3.04. The molecule has 1 aliphatic carbocycles. The molecule has 1 unspecified atom stereocenters. The predicted octanol–water partition coefficient (Wildman–Crippen LogP) is 2.97. The maximum atomic E-state index is 12.1. The van der Waals surface area contributed by atoms with Gasteiger partial charge in [0, 0.05) is 23.8 Å². The van der Waals surface area contributed by atoms with E-state index in [1.165, 1.54) is 11.3 Å². The maximum absolute atomic E-state index is 12.1. The number of alkyl halides is 3. The fourth-order valence-electron chi connectivity index (χ4n) is 1.86. The van der Waals surface area contributed by atoms with E-state index in [1.807, 2.05) is 0 Å². The van der Waals surface area contributed by atoms with Gasteiger partial charge in [-0.2, -0.15) is 13.2 Å². The number of hydrogen-bond donors (Lipinski definition) is 1. The first kappa shape index (κ1) is 11.9. The second kappa shape index (κ2) is 4.33. The summed E-state index contributed by atoms with van der Waals surface area (Å²) in [5.74, 6) is 0. The molecule has 1 atom stereocenters. The van der Waals surface area contributed by atoms with Crippen molar-refractivity contribution in [3.05, 3.63) is 15.6 Å². The van der Waals surface area contributed by atoms with Crippen LogP contribution in [0.1, 0.15) is 40.9 Å². The van der Waals surface area contributed by atoms with Gasteiger partial charge in [0.1, 0.15) is 0 Å². The van der Waals surface area contributed by atoms with Crippen molar-refractivity contribution in [2.24, 2.45) is 5.73 Å². The number of aryl methyl sites for hydroxylation is 2. The summed E-state index contributed by atoms with van der Waals surface area (Å²) in [4.78, 5) is 5.31. The number of thiazole rings is 1.